The van der Waals surface area contributed by atoms with Crippen LogP contribution in [0.25, 0.3) is 10.8 Å². The van der Waals surface area contributed by atoms with Crippen LogP contribution in [-0.2, 0) is 0 Å². The summed E-state index contributed by atoms with van der Waals surface area (Å²) >= 11 is 0. The van der Waals surface area contributed by atoms with Crippen molar-refractivity contribution in [2.24, 2.45) is 0 Å². The fraction of sp³-hybridized carbons (Fsp3) is 0.0556. The Morgan fingerprint density at radius 2 is 1.87 bits per heavy atom. The van der Waals surface area contributed by atoms with Crippen LogP contribution in [0.4, 0.5) is 11.4 Å². The lowest BCUT2D eigenvalue weighted by molar-refractivity contribution is 0.102. The second kappa shape index (κ2) is 5.88. The number of aromatic hydroxyl groups is 1. The molecule has 0 aliphatic heterocycles. The van der Waals surface area contributed by atoms with E-state index in [2.05, 4.69) is 5.32 Å². The molecule has 0 aromatic heterocycles. The Balaban J connectivity index is 2.06. The smallest absolute Gasteiger partial charge is 0.259 e. The van der Waals surface area contributed by atoms with E-state index in [9.17, 15) is 9.90 Å². The molecule has 3 aromatic carbocycles. The summed E-state index contributed by atoms with van der Waals surface area (Å²) in [6.07, 6.45) is 0. The number of para-hydroxylation sites is 1. The molecule has 1 amide bonds. The number of carbonyl (C=O) groups excluding carboxylic acids is 1. The van der Waals surface area contributed by atoms with Crippen molar-refractivity contribution in [2.45, 2.75) is 0 Å². The van der Waals surface area contributed by atoms with Crippen LogP contribution in [0.2, 0.25) is 0 Å². The van der Waals surface area contributed by atoms with Crippen LogP contribution in [0, 0.1) is 0 Å². The van der Waals surface area contributed by atoms with E-state index in [1.54, 1.807) is 43.5 Å². The fourth-order valence-electron chi connectivity index (χ4n) is 2.42. The maximum Gasteiger partial charge on any atom is 0.259 e. The minimum Gasteiger partial charge on any atom is -0.505 e. The highest BCUT2D eigenvalue weighted by Gasteiger charge is 2.17. The van der Waals surface area contributed by atoms with Gasteiger partial charge in [0.25, 0.3) is 5.91 Å². The van der Waals surface area contributed by atoms with E-state index in [0.29, 0.717) is 16.8 Å². The number of benzene rings is 3. The van der Waals surface area contributed by atoms with Crippen molar-refractivity contribution in [3.8, 4) is 11.5 Å². The summed E-state index contributed by atoms with van der Waals surface area (Å²) in [5.41, 5.74) is 6.90. The van der Waals surface area contributed by atoms with Crippen LogP contribution in [-0.4, -0.2) is 18.1 Å². The highest BCUT2D eigenvalue weighted by molar-refractivity contribution is 6.12. The number of anilines is 2. The van der Waals surface area contributed by atoms with Crippen molar-refractivity contribution >= 4 is 28.1 Å². The van der Waals surface area contributed by atoms with Crippen molar-refractivity contribution in [3.05, 3.63) is 60.2 Å². The van der Waals surface area contributed by atoms with Crippen molar-refractivity contribution in [1.82, 2.24) is 0 Å². The van der Waals surface area contributed by atoms with Gasteiger partial charge in [0.1, 0.15) is 5.75 Å². The molecule has 4 N–H and O–H groups in total. The highest BCUT2D eigenvalue weighted by atomic mass is 16.5. The molecule has 0 heterocycles. The van der Waals surface area contributed by atoms with Gasteiger partial charge in [0.2, 0.25) is 0 Å². The minimum atomic E-state index is -0.426. The number of phenolic OH excluding ortho intramolecular Hbond substituents is 1. The first kappa shape index (κ1) is 14.7. The molecule has 0 fully saturated rings. The van der Waals surface area contributed by atoms with E-state index in [4.69, 9.17) is 10.5 Å². The van der Waals surface area contributed by atoms with E-state index in [-0.39, 0.29) is 17.0 Å². The van der Waals surface area contributed by atoms with Gasteiger partial charge in [-0.2, -0.15) is 0 Å². The van der Waals surface area contributed by atoms with E-state index >= 15 is 0 Å². The lowest BCUT2D eigenvalue weighted by atomic mass is 10.0. The van der Waals surface area contributed by atoms with E-state index < -0.39 is 5.91 Å². The molecule has 0 aliphatic carbocycles. The van der Waals surface area contributed by atoms with Crippen molar-refractivity contribution < 1.29 is 14.6 Å². The first-order valence-electron chi connectivity index (χ1n) is 7.05. The number of phenols is 1. The zero-order valence-corrected chi connectivity index (χ0v) is 12.5. The third-order valence-electron chi connectivity index (χ3n) is 3.64. The maximum absolute atomic E-state index is 12.4. The van der Waals surface area contributed by atoms with Crippen LogP contribution >= 0.6 is 0 Å². The number of carbonyl (C=O) groups is 1. The molecule has 0 radical (unpaired) electrons. The lowest BCUT2D eigenvalue weighted by Crippen LogP contribution is -2.12. The molecule has 5 heteroatoms. The second-order valence-corrected chi connectivity index (χ2v) is 5.09. The van der Waals surface area contributed by atoms with Crippen LogP contribution in [0.15, 0.2) is 54.6 Å². The Hall–Kier alpha value is -3.21. The summed E-state index contributed by atoms with van der Waals surface area (Å²) in [5, 5.41) is 14.4. The monoisotopic (exact) mass is 308 g/mol. The number of nitrogens with one attached hydrogen (secondary N) is 1. The van der Waals surface area contributed by atoms with Crippen LogP contribution in [0.3, 0.4) is 0 Å². The Morgan fingerprint density at radius 3 is 2.57 bits per heavy atom. The molecule has 0 atom stereocenters. The number of nitrogens with two attached hydrogens (primary N) is 1. The first-order chi connectivity index (χ1) is 11.1. The molecule has 0 unspecified atom stereocenters. The average Bonchev–Trinajstić information content (AvgIpc) is 2.58. The number of methoxy groups -OCH3 is 1. The number of fused-ring (bicyclic) bond motifs is 1. The third kappa shape index (κ3) is 2.76. The number of amides is 1. The predicted octanol–water partition coefficient (Wildman–Crippen LogP) is 3.39. The summed E-state index contributed by atoms with van der Waals surface area (Å²) in [6, 6.07) is 15.9. The summed E-state index contributed by atoms with van der Waals surface area (Å²) in [4.78, 5) is 12.4. The second-order valence-electron chi connectivity index (χ2n) is 5.09. The molecule has 3 rings (SSSR count). The van der Waals surface area contributed by atoms with Crippen LogP contribution in [0.1, 0.15) is 10.4 Å². The Labute approximate surface area is 133 Å². The fourth-order valence-corrected chi connectivity index (χ4v) is 2.42. The van der Waals surface area contributed by atoms with Crippen molar-refractivity contribution in [2.75, 3.05) is 18.2 Å². The predicted molar refractivity (Wildman–Crippen MR) is 91.0 cm³/mol. The van der Waals surface area contributed by atoms with E-state index in [1.165, 1.54) is 0 Å². The summed E-state index contributed by atoms with van der Waals surface area (Å²) in [5.74, 6) is -0.00164. The molecular formula is C18H16N2O3. The van der Waals surface area contributed by atoms with E-state index in [1.807, 2.05) is 18.2 Å². The molecule has 0 saturated carbocycles. The number of nitrogen functional groups attached to an aromatic ring is 1. The van der Waals surface area contributed by atoms with Crippen LogP contribution < -0.4 is 15.8 Å². The number of hydrogen-bond donors (Lipinski definition) is 3. The van der Waals surface area contributed by atoms with Gasteiger partial charge >= 0.3 is 0 Å². The summed E-state index contributed by atoms with van der Waals surface area (Å²) in [7, 11) is 1.56. The molecule has 0 spiro atoms. The zero-order chi connectivity index (χ0) is 16.4. The zero-order valence-electron chi connectivity index (χ0n) is 12.5. The quantitative estimate of drug-likeness (QED) is 0.511. The highest BCUT2D eigenvalue weighted by Crippen LogP contribution is 2.35. The third-order valence-corrected chi connectivity index (χ3v) is 3.64. The van der Waals surface area contributed by atoms with Gasteiger partial charge in [-0.3, -0.25) is 4.79 Å². The maximum atomic E-state index is 12.4. The summed E-state index contributed by atoms with van der Waals surface area (Å²) < 4.78 is 5.18. The SMILES string of the molecule is COc1ccc2c(N)c(O)c(C(=O)Nc3ccccc3)cc2c1. The van der Waals surface area contributed by atoms with Crippen molar-refractivity contribution in [1.29, 1.82) is 0 Å². The van der Waals surface area contributed by atoms with Gasteiger partial charge < -0.3 is 20.9 Å². The first-order valence-corrected chi connectivity index (χ1v) is 7.05. The van der Waals surface area contributed by atoms with Crippen LogP contribution in [0.5, 0.6) is 11.5 Å². The molecule has 0 bridgehead atoms. The van der Waals surface area contributed by atoms with Crippen molar-refractivity contribution in [3.63, 3.8) is 0 Å². The van der Waals surface area contributed by atoms with Gasteiger partial charge in [-0.15, -0.1) is 0 Å². The molecule has 23 heavy (non-hydrogen) atoms. The van der Waals surface area contributed by atoms with Gasteiger partial charge in [-0.05, 0) is 41.8 Å². The topological polar surface area (TPSA) is 84.6 Å². The molecule has 5 nitrogen and oxygen atoms in total. The number of ether oxygens (including phenoxy) is 1. The average molecular weight is 308 g/mol. The van der Waals surface area contributed by atoms with Gasteiger partial charge in [0.05, 0.1) is 18.4 Å². The normalized spacial score (nSPS) is 10.5. The van der Waals surface area contributed by atoms with Gasteiger partial charge in [0, 0.05) is 11.1 Å². The minimum absolute atomic E-state index is 0.118. The number of hydrogen-bond acceptors (Lipinski definition) is 4. The van der Waals surface area contributed by atoms with Gasteiger partial charge in [-0.1, -0.05) is 18.2 Å². The molecular weight excluding hydrogens is 292 g/mol. The Kier molecular flexibility index (Phi) is 3.76. The lowest BCUT2D eigenvalue weighted by Gasteiger charge is -2.12. The van der Waals surface area contributed by atoms with Gasteiger partial charge in [0.15, 0.2) is 5.75 Å². The Morgan fingerprint density at radius 1 is 1.13 bits per heavy atom. The number of rotatable bonds is 3. The standard InChI is InChI=1S/C18H16N2O3/c1-23-13-7-8-14-11(9-13)10-15(17(21)16(14)19)18(22)20-12-5-3-2-4-6-12/h2-10,21H,19H2,1H3,(H,20,22). The summed E-state index contributed by atoms with van der Waals surface area (Å²) in [6.45, 7) is 0. The largest absolute Gasteiger partial charge is 0.505 e. The van der Waals surface area contributed by atoms with Gasteiger partial charge in [-0.25, -0.2) is 0 Å². The molecule has 0 aliphatic rings. The molecule has 3 aromatic rings. The Bertz CT molecular complexity index is 876. The molecule has 116 valence electrons. The molecule has 0 saturated heterocycles. The van der Waals surface area contributed by atoms with E-state index in [0.717, 1.165) is 5.39 Å².